The summed E-state index contributed by atoms with van der Waals surface area (Å²) < 4.78 is 13.0. The minimum atomic E-state index is -0.316. The summed E-state index contributed by atoms with van der Waals surface area (Å²) in [5.74, 6) is 0.739. The van der Waals surface area contributed by atoms with Gasteiger partial charge in [-0.3, -0.25) is 9.78 Å². The molecular weight excluding hydrogens is 367 g/mol. The summed E-state index contributed by atoms with van der Waals surface area (Å²) >= 11 is 0. The number of aromatic nitrogens is 2. The molecule has 148 valence electrons. The molecule has 6 heteroatoms. The quantitative estimate of drug-likeness (QED) is 0.670. The number of nitrogens with zero attached hydrogens (tertiary/aromatic N) is 4. The molecule has 2 fully saturated rings. The lowest BCUT2D eigenvalue weighted by atomic mass is 9.72. The lowest BCUT2D eigenvalue weighted by Gasteiger charge is -2.60. The topological polar surface area (TPSA) is 49.3 Å². The SMILES string of the molecule is O=C(CCCc1cccc2ncccc12)N1CC2(C1)CN(c1ccc(F)cn1)C2. The Balaban J connectivity index is 1.09. The van der Waals surface area contributed by atoms with Gasteiger partial charge in [-0.25, -0.2) is 9.37 Å². The Bertz CT molecular complexity index is 1030. The number of halogens is 1. The Labute approximate surface area is 169 Å². The molecule has 4 heterocycles. The third kappa shape index (κ3) is 3.43. The summed E-state index contributed by atoms with van der Waals surface area (Å²) in [4.78, 5) is 25.2. The van der Waals surface area contributed by atoms with Crippen molar-refractivity contribution in [3.8, 4) is 0 Å². The third-order valence-electron chi connectivity index (χ3n) is 6.07. The lowest BCUT2D eigenvalue weighted by molar-refractivity contribution is -0.145. The molecule has 2 aliphatic heterocycles. The molecule has 1 aromatic carbocycles. The van der Waals surface area contributed by atoms with Gasteiger partial charge in [0, 0.05) is 49.6 Å². The van der Waals surface area contributed by atoms with Gasteiger partial charge in [-0.15, -0.1) is 0 Å². The van der Waals surface area contributed by atoms with E-state index in [9.17, 15) is 9.18 Å². The summed E-state index contributed by atoms with van der Waals surface area (Å²) in [6, 6.07) is 13.4. The molecule has 29 heavy (non-hydrogen) atoms. The van der Waals surface area contributed by atoms with Gasteiger partial charge in [0.2, 0.25) is 5.91 Å². The van der Waals surface area contributed by atoms with Gasteiger partial charge in [0.25, 0.3) is 0 Å². The van der Waals surface area contributed by atoms with E-state index in [2.05, 4.69) is 27.0 Å². The van der Waals surface area contributed by atoms with Gasteiger partial charge < -0.3 is 9.80 Å². The first-order valence-electron chi connectivity index (χ1n) is 10.1. The number of carbonyl (C=O) groups is 1. The van der Waals surface area contributed by atoms with Gasteiger partial charge in [-0.1, -0.05) is 18.2 Å². The van der Waals surface area contributed by atoms with Crippen molar-refractivity contribution in [2.45, 2.75) is 19.3 Å². The van der Waals surface area contributed by atoms with Crippen molar-refractivity contribution in [3.05, 3.63) is 66.2 Å². The zero-order chi connectivity index (χ0) is 19.8. The molecule has 3 aromatic rings. The van der Waals surface area contributed by atoms with E-state index in [1.54, 1.807) is 6.07 Å². The summed E-state index contributed by atoms with van der Waals surface area (Å²) in [7, 11) is 0. The number of anilines is 1. The maximum atomic E-state index is 13.0. The second-order valence-corrected chi connectivity index (χ2v) is 8.28. The van der Waals surface area contributed by atoms with E-state index in [4.69, 9.17) is 0 Å². The zero-order valence-electron chi connectivity index (χ0n) is 16.2. The van der Waals surface area contributed by atoms with Crippen LogP contribution in [-0.4, -0.2) is 47.0 Å². The molecule has 5 rings (SSSR count). The van der Waals surface area contributed by atoms with Crippen molar-refractivity contribution in [2.24, 2.45) is 5.41 Å². The Morgan fingerprint density at radius 3 is 2.69 bits per heavy atom. The summed E-state index contributed by atoms with van der Waals surface area (Å²) in [5.41, 5.74) is 2.46. The monoisotopic (exact) mass is 390 g/mol. The average molecular weight is 390 g/mol. The van der Waals surface area contributed by atoms with E-state index in [1.165, 1.54) is 23.2 Å². The molecule has 0 aliphatic carbocycles. The molecular formula is C23H23FN4O. The molecule has 0 radical (unpaired) electrons. The molecule has 0 saturated carbocycles. The number of benzene rings is 1. The first-order valence-corrected chi connectivity index (χ1v) is 10.1. The summed E-state index contributed by atoms with van der Waals surface area (Å²) in [6.45, 7) is 3.42. The van der Waals surface area contributed by atoms with Crippen LogP contribution < -0.4 is 4.90 Å². The Kier molecular flexibility index (Phi) is 4.42. The first kappa shape index (κ1) is 18.0. The van der Waals surface area contributed by atoms with Crippen molar-refractivity contribution >= 4 is 22.6 Å². The van der Waals surface area contributed by atoms with E-state index in [-0.39, 0.29) is 17.1 Å². The van der Waals surface area contributed by atoms with Crippen LogP contribution in [0.5, 0.6) is 0 Å². The smallest absolute Gasteiger partial charge is 0.222 e. The number of fused-ring (bicyclic) bond motifs is 1. The van der Waals surface area contributed by atoms with Gasteiger partial charge in [-0.05, 0) is 42.7 Å². The van der Waals surface area contributed by atoms with Crippen molar-refractivity contribution < 1.29 is 9.18 Å². The van der Waals surface area contributed by atoms with Crippen LogP contribution in [0.15, 0.2) is 54.9 Å². The van der Waals surface area contributed by atoms with Gasteiger partial charge in [0.1, 0.15) is 11.6 Å². The fourth-order valence-corrected chi connectivity index (χ4v) is 4.59. The number of aryl methyl sites for hydroxylation is 1. The maximum Gasteiger partial charge on any atom is 0.222 e. The van der Waals surface area contributed by atoms with Crippen molar-refractivity contribution in [1.29, 1.82) is 0 Å². The average Bonchev–Trinajstić information content (AvgIpc) is 2.67. The molecule has 0 unspecified atom stereocenters. The standard InChI is InChI=1S/C23H23FN4O/c24-18-9-10-21(26-12-18)27-13-23(14-27)15-28(16-23)22(29)8-2-5-17-4-1-7-20-19(17)6-3-11-25-20/h1,3-4,6-7,9-12H,2,5,8,13-16H2. The molecule has 1 amide bonds. The van der Waals surface area contributed by atoms with Crippen molar-refractivity contribution in [1.82, 2.24) is 14.9 Å². The van der Waals surface area contributed by atoms with E-state index in [0.29, 0.717) is 6.42 Å². The normalized spacial score (nSPS) is 17.3. The number of amides is 1. The molecule has 2 saturated heterocycles. The van der Waals surface area contributed by atoms with Crippen LogP contribution >= 0.6 is 0 Å². The molecule has 0 N–H and O–H groups in total. The Hall–Kier alpha value is -3.02. The highest BCUT2D eigenvalue weighted by Gasteiger charge is 2.53. The molecule has 2 aliphatic rings. The van der Waals surface area contributed by atoms with Crippen molar-refractivity contribution in [3.63, 3.8) is 0 Å². The highest BCUT2D eigenvalue weighted by atomic mass is 19.1. The van der Waals surface area contributed by atoms with E-state index >= 15 is 0 Å². The highest BCUT2D eigenvalue weighted by molar-refractivity contribution is 5.82. The van der Waals surface area contributed by atoms with E-state index in [0.717, 1.165) is 50.4 Å². The molecule has 5 nitrogen and oxygen atoms in total. The van der Waals surface area contributed by atoms with Crippen LogP contribution in [0.4, 0.5) is 10.2 Å². The minimum Gasteiger partial charge on any atom is -0.355 e. The van der Waals surface area contributed by atoms with Crippen LogP contribution in [0.1, 0.15) is 18.4 Å². The fourth-order valence-electron chi connectivity index (χ4n) is 4.59. The van der Waals surface area contributed by atoms with Crippen LogP contribution in [-0.2, 0) is 11.2 Å². The Morgan fingerprint density at radius 1 is 1.03 bits per heavy atom. The van der Waals surface area contributed by atoms with Gasteiger partial charge in [-0.2, -0.15) is 0 Å². The van der Waals surface area contributed by atoms with Gasteiger partial charge in [0.05, 0.1) is 11.7 Å². The van der Waals surface area contributed by atoms with Gasteiger partial charge in [0.15, 0.2) is 0 Å². The van der Waals surface area contributed by atoms with E-state index in [1.807, 2.05) is 29.3 Å². The molecule has 2 aromatic heterocycles. The number of hydrogen-bond acceptors (Lipinski definition) is 4. The predicted molar refractivity (Wildman–Crippen MR) is 110 cm³/mol. The maximum absolute atomic E-state index is 13.0. The third-order valence-corrected chi connectivity index (χ3v) is 6.07. The molecule has 0 atom stereocenters. The summed E-state index contributed by atoms with van der Waals surface area (Å²) in [6.07, 6.45) is 5.38. The second-order valence-electron chi connectivity index (χ2n) is 8.28. The number of hydrogen-bond donors (Lipinski definition) is 0. The lowest BCUT2D eigenvalue weighted by Crippen LogP contribution is -2.73. The number of carbonyl (C=O) groups excluding carboxylic acids is 1. The molecule has 0 bridgehead atoms. The van der Waals surface area contributed by atoms with Crippen LogP contribution in [0.25, 0.3) is 10.9 Å². The summed E-state index contributed by atoms with van der Waals surface area (Å²) in [5, 5.41) is 1.18. The predicted octanol–water partition coefficient (Wildman–Crippen LogP) is 3.44. The van der Waals surface area contributed by atoms with Crippen LogP contribution in [0, 0.1) is 11.2 Å². The number of rotatable bonds is 5. The fraction of sp³-hybridized carbons (Fsp3) is 0.348. The van der Waals surface area contributed by atoms with E-state index < -0.39 is 0 Å². The van der Waals surface area contributed by atoms with Crippen molar-refractivity contribution in [2.75, 3.05) is 31.1 Å². The molecule has 1 spiro atoms. The number of likely N-dealkylation sites (tertiary alicyclic amines) is 1. The Morgan fingerprint density at radius 2 is 1.90 bits per heavy atom. The number of pyridine rings is 2. The zero-order valence-corrected chi connectivity index (χ0v) is 16.2. The first-order chi connectivity index (χ1) is 14.1. The van der Waals surface area contributed by atoms with Crippen LogP contribution in [0.2, 0.25) is 0 Å². The van der Waals surface area contributed by atoms with Gasteiger partial charge >= 0.3 is 0 Å². The highest BCUT2D eigenvalue weighted by Crippen LogP contribution is 2.41. The van der Waals surface area contributed by atoms with Crippen LogP contribution in [0.3, 0.4) is 0 Å². The minimum absolute atomic E-state index is 0.201. The second kappa shape index (κ2) is 7.10. The largest absolute Gasteiger partial charge is 0.355 e.